The average molecular weight is 505 g/mol. The SMILES string of the molecule is C.C.CC1CCC(C)CC1.CC1CCC(C)CC1.CC1CCC(C)OC1.CC1CCC(C)OC1.F. The highest BCUT2D eigenvalue weighted by molar-refractivity contribution is 4.67. The zero-order valence-corrected chi connectivity index (χ0v) is 23.7. The lowest BCUT2D eigenvalue weighted by molar-refractivity contribution is 0.000174. The summed E-state index contributed by atoms with van der Waals surface area (Å²) in [5, 5.41) is 0. The van der Waals surface area contributed by atoms with Crippen LogP contribution in [0.4, 0.5) is 4.70 Å². The molecule has 0 bridgehead atoms. The molecule has 4 rings (SSSR count). The molecule has 0 aromatic rings. The van der Waals surface area contributed by atoms with E-state index in [0.29, 0.717) is 12.2 Å². The average Bonchev–Trinajstić information content (AvgIpc) is 2.78. The molecule has 0 aromatic heterocycles. The minimum Gasteiger partial charge on any atom is -0.378 e. The van der Waals surface area contributed by atoms with Gasteiger partial charge in [0.05, 0.1) is 12.2 Å². The van der Waals surface area contributed by atoms with Gasteiger partial charge in [-0.2, -0.15) is 0 Å². The van der Waals surface area contributed by atoms with E-state index in [1.54, 1.807) is 0 Å². The Hall–Kier alpha value is -0.150. The van der Waals surface area contributed by atoms with Crippen LogP contribution in [0.2, 0.25) is 0 Å². The lowest BCUT2D eigenvalue weighted by atomic mass is 9.84. The van der Waals surface area contributed by atoms with E-state index in [1.165, 1.54) is 77.0 Å². The number of halogens is 1. The van der Waals surface area contributed by atoms with E-state index in [2.05, 4.69) is 55.4 Å². The van der Waals surface area contributed by atoms with E-state index in [4.69, 9.17) is 9.47 Å². The first-order valence-electron chi connectivity index (χ1n) is 14.4. The van der Waals surface area contributed by atoms with Gasteiger partial charge in [-0.1, -0.05) is 108 Å². The first-order chi connectivity index (χ1) is 15.2. The largest absolute Gasteiger partial charge is 0.378 e. The zero-order chi connectivity index (χ0) is 23.9. The maximum atomic E-state index is 5.39. The highest BCUT2D eigenvalue weighted by Crippen LogP contribution is 2.28. The Balaban J connectivity index is -0.000000379. The monoisotopic (exact) mass is 505 g/mol. The normalized spacial score (nSPS) is 36.3. The summed E-state index contributed by atoms with van der Waals surface area (Å²) in [5.41, 5.74) is 0. The van der Waals surface area contributed by atoms with Crippen molar-refractivity contribution in [3.05, 3.63) is 0 Å². The quantitative estimate of drug-likeness (QED) is 0.326. The van der Waals surface area contributed by atoms with Crippen molar-refractivity contribution in [3.63, 3.8) is 0 Å². The van der Waals surface area contributed by atoms with Gasteiger partial charge in [-0.3, -0.25) is 4.70 Å². The van der Waals surface area contributed by atoms with Crippen molar-refractivity contribution in [1.29, 1.82) is 0 Å². The Morgan fingerprint density at radius 2 is 0.543 bits per heavy atom. The summed E-state index contributed by atoms with van der Waals surface area (Å²) in [6, 6.07) is 0. The third-order valence-electron chi connectivity index (χ3n) is 8.07. The Bertz CT molecular complexity index is 291. The molecule has 0 radical (unpaired) electrons. The topological polar surface area (TPSA) is 18.5 Å². The molecule has 216 valence electrons. The fourth-order valence-corrected chi connectivity index (χ4v) is 4.88. The molecule has 2 nitrogen and oxygen atoms in total. The molecule has 2 aliphatic carbocycles. The number of hydrogen-bond acceptors (Lipinski definition) is 2. The van der Waals surface area contributed by atoms with Gasteiger partial charge in [0.25, 0.3) is 0 Å². The summed E-state index contributed by atoms with van der Waals surface area (Å²) in [4.78, 5) is 0. The molecule has 0 spiro atoms. The molecule has 2 saturated heterocycles. The number of hydrogen-bond donors (Lipinski definition) is 0. The lowest BCUT2D eigenvalue weighted by Crippen LogP contribution is -2.21. The molecule has 2 aliphatic heterocycles. The molecular formula is C32H69FO2. The van der Waals surface area contributed by atoms with Crippen LogP contribution in [-0.2, 0) is 9.47 Å². The van der Waals surface area contributed by atoms with E-state index in [9.17, 15) is 0 Å². The van der Waals surface area contributed by atoms with Gasteiger partial charge in [0, 0.05) is 13.2 Å². The number of ether oxygens (including phenoxy) is 2. The molecule has 4 atom stereocenters. The van der Waals surface area contributed by atoms with E-state index in [-0.39, 0.29) is 19.6 Å². The van der Waals surface area contributed by atoms with Crippen LogP contribution in [0.1, 0.15) is 147 Å². The van der Waals surface area contributed by atoms with E-state index >= 15 is 0 Å². The maximum Gasteiger partial charge on any atom is 0.0547 e. The highest BCUT2D eigenvalue weighted by atomic mass is 19.0. The summed E-state index contributed by atoms with van der Waals surface area (Å²) in [6.45, 7) is 20.2. The molecule has 2 saturated carbocycles. The minimum absolute atomic E-state index is 0. The standard InChI is InChI=1S/2C8H16.2C7H14O.2CH4.FH/c2*1-7-3-5-8(2)6-4-7;2*1-6-3-4-7(2)8-5-6;;;/h2*7-8H,3-6H2,1-2H3;2*6-7H,3-5H2,1-2H3;2*1H4;1H. The Kier molecular flexibility index (Phi) is 25.9. The van der Waals surface area contributed by atoms with Crippen LogP contribution in [0, 0.1) is 35.5 Å². The van der Waals surface area contributed by atoms with Gasteiger partial charge in [0.1, 0.15) is 0 Å². The second-order valence-corrected chi connectivity index (χ2v) is 12.4. The van der Waals surface area contributed by atoms with Crippen molar-refractivity contribution in [2.75, 3.05) is 13.2 Å². The molecule has 0 aromatic carbocycles. The third kappa shape index (κ3) is 21.6. The second-order valence-electron chi connectivity index (χ2n) is 12.4. The van der Waals surface area contributed by atoms with Gasteiger partial charge in [0.2, 0.25) is 0 Å². The van der Waals surface area contributed by atoms with Crippen molar-refractivity contribution >= 4 is 0 Å². The molecule has 35 heavy (non-hydrogen) atoms. The van der Waals surface area contributed by atoms with E-state index in [0.717, 1.165) is 48.7 Å². The Morgan fingerprint density at radius 3 is 0.686 bits per heavy atom. The third-order valence-corrected chi connectivity index (χ3v) is 8.07. The lowest BCUT2D eigenvalue weighted by Gasteiger charge is -2.23. The van der Waals surface area contributed by atoms with Gasteiger partial charge in [-0.15, -0.1) is 0 Å². The first-order valence-corrected chi connectivity index (χ1v) is 14.4. The fraction of sp³-hybridized carbons (Fsp3) is 1.00. The first kappa shape index (κ1) is 39.4. The van der Waals surface area contributed by atoms with Crippen LogP contribution < -0.4 is 0 Å². The predicted molar refractivity (Wildman–Crippen MR) is 157 cm³/mol. The van der Waals surface area contributed by atoms with Gasteiger partial charge in [-0.05, 0) is 75.0 Å². The summed E-state index contributed by atoms with van der Waals surface area (Å²) in [5.74, 6) is 5.67. The highest BCUT2D eigenvalue weighted by Gasteiger charge is 2.15. The summed E-state index contributed by atoms with van der Waals surface area (Å²) >= 11 is 0. The molecule has 4 unspecified atom stereocenters. The molecule has 2 heterocycles. The molecular weight excluding hydrogens is 435 g/mol. The molecule has 4 aliphatic rings. The van der Waals surface area contributed by atoms with Crippen molar-refractivity contribution in [2.24, 2.45) is 35.5 Å². The van der Waals surface area contributed by atoms with Crippen molar-refractivity contribution in [2.45, 2.75) is 160 Å². The summed E-state index contributed by atoms with van der Waals surface area (Å²) < 4.78 is 10.8. The Morgan fingerprint density at radius 1 is 0.343 bits per heavy atom. The van der Waals surface area contributed by atoms with Crippen LogP contribution in [-0.4, -0.2) is 25.4 Å². The minimum atomic E-state index is 0. The molecule has 0 amide bonds. The van der Waals surface area contributed by atoms with Gasteiger partial charge in [-0.25, -0.2) is 0 Å². The smallest absolute Gasteiger partial charge is 0.0547 e. The number of rotatable bonds is 0. The van der Waals surface area contributed by atoms with Crippen molar-refractivity contribution < 1.29 is 14.2 Å². The van der Waals surface area contributed by atoms with Crippen molar-refractivity contribution in [3.8, 4) is 0 Å². The van der Waals surface area contributed by atoms with Crippen molar-refractivity contribution in [1.82, 2.24) is 0 Å². The zero-order valence-electron chi connectivity index (χ0n) is 23.7. The second kappa shape index (κ2) is 23.0. The van der Waals surface area contributed by atoms with E-state index < -0.39 is 0 Å². The van der Waals surface area contributed by atoms with E-state index in [1.807, 2.05) is 0 Å². The molecule has 3 heteroatoms. The van der Waals surface area contributed by atoms with Gasteiger partial charge >= 0.3 is 0 Å². The summed E-state index contributed by atoms with van der Waals surface area (Å²) in [6.07, 6.45) is 18.0. The maximum absolute atomic E-state index is 5.39. The van der Waals surface area contributed by atoms with Gasteiger partial charge in [0.15, 0.2) is 0 Å². The molecule has 0 N–H and O–H groups in total. The van der Waals surface area contributed by atoms with Crippen LogP contribution in [0.25, 0.3) is 0 Å². The predicted octanol–water partition coefficient (Wildman–Crippen LogP) is 10.7. The van der Waals surface area contributed by atoms with Crippen LogP contribution >= 0.6 is 0 Å². The summed E-state index contributed by atoms with van der Waals surface area (Å²) in [7, 11) is 0. The Labute approximate surface area is 222 Å². The van der Waals surface area contributed by atoms with Gasteiger partial charge < -0.3 is 9.47 Å². The van der Waals surface area contributed by atoms with Crippen LogP contribution in [0.3, 0.4) is 0 Å². The molecule has 4 fully saturated rings. The fourth-order valence-electron chi connectivity index (χ4n) is 4.88. The van der Waals surface area contributed by atoms with Crippen LogP contribution in [0.15, 0.2) is 0 Å². The van der Waals surface area contributed by atoms with Crippen LogP contribution in [0.5, 0.6) is 0 Å².